The molecule has 0 fully saturated rings. The third-order valence-corrected chi connectivity index (χ3v) is 5.00. The third kappa shape index (κ3) is 3.37. The van der Waals surface area contributed by atoms with Crippen LogP contribution in [-0.4, -0.2) is 23.7 Å². The van der Waals surface area contributed by atoms with E-state index in [0.717, 1.165) is 30.7 Å². The van der Waals surface area contributed by atoms with Crippen LogP contribution in [0.2, 0.25) is 0 Å². The Morgan fingerprint density at radius 1 is 1.63 bits per heavy atom. The number of carbonyl (C=O) groups excluding carboxylic acids is 1. The van der Waals surface area contributed by atoms with Gasteiger partial charge in [0.05, 0.1) is 5.56 Å². The molecule has 19 heavy (non-hydrogen) atoms. The Bertz CT molecular complexity index is 441. The van der Waals surface area contributed by atoms with Crippen LogP contribution in [0, 0.1) is 5.92 Å². The van der Waals surface area contributed by atoms with Crippen molar-refractivity contribution >= 4 is 17.2 Å². The van der Waals surface area contributed by atoms with Crippen molar-refractivity contribution in [2.45, 2.75) is 52.0 Å². The highest BCUT2D eigenvalue weighted by atomic mass is 32.1. The number of rotatable bonds is 5. The van der Waals surface area contributed by atoms with E-state index in [1.807, 2.05) is 12.3 Å². The van der Waals surface area contributed by atoms with Crippen LogP contribution in [0.1, 0.15) is 53.9 Å². The van der Waals surface area contributed by atoms with Crippen LogP contribution >= 0.6 is 11.3 Å². The molecule has 0 radical (unpaired) electrons. The molecule has 0 bridgehead atoms. The maximum absolute atomic E-state index is 12.3. The molecule has 1 amide bonds. The van der Waals surface area contributed by atoms with Crippen LogP contribution in [-0.2, 0) is 12.8 Å². The van der Waals surface area contributed by atoms with Crippen molar-refractivity contribution in [1.82, 2.24) is 5.32 Å². The normalized spacial score (nSPS) is 19.8. The maximum atomic E-state index is 12.3. The van der Waals surface area contributed by atoms with Crippen molar-refractivity contribution in [3.8, 4) is 0 Å². The molecule has 2 atom stereocenters. The van der Waals surface area contributed by atoms with E-state index >= 15 is 0 Å². The minimum Gasteiger partial charge on any atom is -0.396 e. The van der Waals surface area contributed by atoms with Crippen LogP contribution < -0.4 is 5.32 Å². The van der Waals surface area contributed by atoms with E-state index in [1.165, 1.54) is 16.9 Å². The Morgan fingerprint density at radius 3 is 3.11 bits per heavy atom. The number of fused-ring (bicyclic) bond motifs is 1. The lowest BCUT2D eigenvalue weighted by Gasteiger charge is -2.20. The molecule has 1 aromatic rings. The molecule has 2 rings (SSSR count). The summed E-state index contributed by atoms with van der Waals surface area (Å²) in [6.45, 7) is 4.43. The minimum atomic E-state index is 0.0346. The minimum absolute atomic E-state index is 0.0346. The fraction of sp³-hybridized carbons (Fsp3) is 0.667. The van der Waals surface area contributed by atoms with Gasteiger partial charge in [-0.2, -0.15) is 0 Å². The summed E-state index contributed by atoms with van der Waals surface area (Å²) >= 11 is 1.72. The largest absolute Gasteiger partial charge is 0.396 e. The number of nitrogens with one attached hydrogen (secondary N) is 1. The zero-order chi connectivity index (χ0) is 13.8. The van der Waals surface area contributed by atoms with Gasteiger partial charge in [0, 0.05) is 22.9 Å². The molecule has 1 aromatic heterocycles. The summed E-state index contributed by atoms with van der Waals surface area (Å²) < 4.78 is 0. The molecule has 0 spiro atoms. The summed E-state index contributed by atoms with van der Waals surface area (Å²) in [5.41, 5.74) is 2.13. The maximum Gasteiger partial charge on any atom is 0.252 e. The zero-order valence-electron chi connectivity index (χ0n) is 11.7. The Balaban J connectivity index is 2.08. The second-order valence-corrected chi connectivity index (χ2v) is 6.45. The van der Waals surface area contributed by atoms with Crippen molar-refractivity contribution in [1.29, 1.82) is 0 Å². The lowest BCUT2D eigenvalue weighted by atomic mass is 9.88. The Morgan fingerprint density at radius 2 is 2.42 bits per heavy atom. The summed E-state index contributed by atoms with van der Waals surface area (Å²) in [7, 11) is 0. The van der Waals surface area contributed by atoms with Crippen molar-refractivity contribution in [2.24, 2.45) is 5.92 Å². The topological polar surface area (TPSA) is 49.3 Å². The molecule has 0 aromatic carbocycles. The fourth-order valence-electron chi connectivity index (χ4n) is 2.67. The molecule has 2 N–H and O–H groups in total. The SMILES string of the molecule is CCC(CCO)NC(=O)c1csc2c1CCC(C)C2. The van der Waals surface area contributed by atoms with Gasteiger partial charge in [-0.15, -0.1) is 11.3 Å². The summed E-state index contributed by atoms with van der Waals surface area (Å²) in [5, 5.41) is 14.0. The van der Waals surface area contributed by atoms with Gasteiger partial charge >= 0.3 is 0 Å². The number of aliphatic hydroxyl groups excluding tert-OH is 1. The number of aliphatic hydroxyl groups is 1. The molecule has 1 heterocycles. The number of amides is 1. The van der Waals surface area contributed by atoms with Crippen LogP contribution in [0.5, 0.6) is 0 Å². The van der Waals surface area contributed by atoms with Gasteiger partial charge in [-0.3, -0.25) is 4.79 Å². The first-order valence-electron chi connectivity index (χ1n) is 7.16. The fourth-order valence-corrected chi connectivity index (χ4v) is 3.91. The zero-order valence-corrected chi connectivity index (χ0v) is 12.6. The summed E-state index contributed by atoms with van der Waals surface area (Å²) in [6.07, 6.45) is 4.81. The Kier molecular flexibility index (Phi) is 4.99. The van der Waals surface area contributed by atoms with Gasteiger partial charge in [0.25, 0.3) is 5.91 Å². The van der Waals surface area contributed by atoms with E-state index in [2.05, 4.69) is 12.2 Å². The molecule has 0 saturated carbocycles. The Labute approximate surface area is 119 Å². The van der Waals surface area contributed by atoms with Crippen molar-refractivity contribution in [2.75, 3.05) is 6.61 Å². The summed E-state index contributed by atoms with van der Waals surface area (Å²) in [4.78, 5) is 13.7. The molecular formula is C15H23NO2S. The molecule has 0 aliphatic heterocycles. The van der Waals surface area contributed by atoms with Crippen LogP contribution in [0.25, 0.3) is 0 Å². The summed E-state index contributed by atoms with van der Waals surface area (Å²) in [5.74, 6) is 0.771. The first-order chi connectivity index (χ1) is 9.15. The first kappa shape index (κ1) is 14.5. The number of carbonyl (C=O) groups is 1. The van der Waals surface area contributed by atoms with E-state index in [-0.39, 0.29) is 18.6 Å². The number of thiophene rings is 1. The molecular weight excluding hydrogens is 258 g/mol. The van der Waals surface area contributed by atoms with E-state index in [9.17, 15) is 4.79 Å². The second kappa shape index (κ2) is 6.53. The smallest absolute Gasteiger partial charge is 0.252 e. The highest BCUT2D eigenvalue weighted by Crippen LogP contribution is 2.32. The molecule has 3 nitrogen and oxygen atoms in total. The van der Waals surface area contributed by atoms with E-state index < -0.39 is 0 Å². The van der Waals surface area contributed by atoms with Gasteiger partial charge in [-0.1, -0.05) is 13.8 Å². The molecule has 2 unspecified atom stereocenters. The van der Waals surface area contributed by atoms with E-state index in [0.29, 0.717) is 6.42 Å². The van der Waals surface area contributed by atoms with Gasteiger partial charge < -0.3 is 10.4 Å². The van der Waals surface area contributed by atoms with Crippen LogP contribution in [0.15, 0.2) is 5.38 Å². The van der Waals surface area contributed by atoms with Gasteiger partial charge in [-0.05, 0) is 43.6 Å². The first-order valence-corrected chi connectivity index (χ1v) is 8.04. The lowest BCUT2D eigenvalue weighted by molar-refractivity contribution is 0.0928. The molecule has 4 heteroatoms. The highest BCUT2D eigenvalue weighted by molar-refractivity contribution is 7.10. The number of hydrogen-bond acceptors (Lipinski definition) is 3. The monoisotopic (exact) mass is 281 g/mol. The third-order valence-electron chi connectivity index (χ3n) is 3.95. The quantitative estimate of drug-likeness (QED) is 0.872. The standard InChI is InChI=1S/C15H23NO2S/c1-3-11(6-7-17)16-15(18)13-9-19-14-8-10(2)4-5-12(13)14/h9-11,17H,3-8H2,1-2H3,(H,16,18). The predicted molar refractivity (Wildman–Crippen MR) is 78.8 cm³/mol. The van der Waals surface area contributed by atoms with E-state index in [1.54, 1.807) is 11.3 Å². The van der Waals surface area contributed by atoms with Crippen molar-refractivity contribution in [3.05, 3.63) is 21.4 Å². The average Bonchev–Trinajstić information content (AvgIpc) is 2.80. The van der Waals surface area contributed by atoms with Crippen LogP contribution in [0.3, 0.4) is 0 Å². The second-order valence-electron chi connectivity index (χ2n) is 5.49. The average molecular weight is 281 g/mol. The van der Waals surface area contributed by atoms with Crippen LogP contribution in [0.4, 0.5) is 0 Å². The predicted octanol–water partition coefficient (Wildman–Crippen LogP) is 2.76. The van der Waals surface area contributed by atoms with Gasteiger partial charge in [0.1, 0.15) is 0 Å². The molecule has 1 aliphatic carbocycles. The van der Waals surface area contributed by atoms with Gasteiger partial charge in [0.15, 0.2) is 0 Å². The molecule has 0 saturated heterocycles. The molecule has 106 valence electrons. The van der Waals surface area contributed by atoms with Crippen molar-refractivity contribution < 1.29 is 9.90 Å². The van der Waals surface area contributed by atoms with Crippen molar-refractivity contribution in [3.63, 3.8) is 0 Å². The number of hydrogen-bond donors (Lipinski definition) is 2. The lowest BCUT2D eigenvalue weighted by Crippen LogP contribution is -2.35. The highest BCUT2D eigenvalue weighted by Gasteiger charge is 2.23. The summed E-state index contributed by atoms with van der Waals surface area (Å²) in [6, 6.07) is 0.0792. The van der Waals surface area contributed by atoms with Gasteiger partial charge in [0.2, 0.25) is 0 Å². The van der Waals surface area contributed by atoms with E-state index in [4.69, 9.17) is 5.11 Å². The molecule has 1 aliphatic rings. The van der Waals surface area contributed by atoms with Gasteiger partial charge in [-0.25, -0.2) is 0 Å². The Hall–Kier alpha value is -0.870.